The Morgan fingerprint density at radius 3 is 2.34 bits per heavy atom. The van der Waals surface area contributed by atoms with Crippen molar-refractivity contribution in [1.29, 1.82) is 0 Å². The summed E-state index contributed by atoms with van der Waals surface area (Å²) in [4.78, 5) is 37.0. The van der Waals surface area contributed by atoms with Crippen LogP contribution in [0.4, 0.5) is 4.79 Å². The van der Waals surface area contributed by atoms with Gasteiger partial charge < -0.3 is 27.0 Å². The molecule has 170 valence electrons. The molecule has 6 N–H and O–H groups in total. The topological polar surface area (TPSA) is 125 Å². The minimum absolute atomic E-state index is 0.00169. The maximum atomic E-state index is 12.8. The molecule has 2 atom stereocenters. The first-order chi connectivity index (χ1) is 15.4. The highest BCUT2D eigenvalue weighted by molar-refractivity contribution is 6.00. The van der Waals surface area contributed by atoms with Crippen LogP contribution in [-0.2, 0) is 9.59 Å². The number of hydrogen-bond acceptors (Lipinski definition) is 4. The molecule has 2 fully saturated rings. The molecule has 1 aliphatic heterocycles. The Labute approximate surface area is 188 Å². The molecule has 8 nitrogen and oxygen atoms in total. The van der Waals surface area contributed by atoms with E-state index in [9.17, 15) is 14.4 Å². The van der Waals surface area contributed by atoms with Crippen LogP contribution in [0.25, 0.3) is 0 Å². The molecule has 2 aliphatic carbocycles. The van der Waals surface area contributed by atoms with E-state index in [0.717, 1.165) is 32.1 Å². The molecule has 4 rings (SSSR count). The van der Waals surface area contributed by atoms with Crippen LogP contribution < -0.4 is 27.0 Å². The van der Waals surface area contributed by atoms with Gasteiger partial charge in [0.2, 0.25) is 5.91 Å². The van der Waals surface area contributed by atoms with Crippen molar-refractivity contribution in [1.82, 2.24) is 21.3 Å². The SMILES string of the molecule is C=C1NC(=O)NC(C(=O)N[C@@H]2CC[C@@H](C(=O)NC3CCC(c4ccccc4)CC3)C2)=C1N. The molecule has 1 aromatic rings. The Morgan fingerprint density at radius 2 is 1.62 bits per heavy atom. The molecule has 3 aliphatic rings. The number of carbonyl (C=O) groups is 3. The number of benzene rings is 1. The van der Waals surface area contributed by atoms with E-state index in [-0.39, 0.29) is 41.0 Å². The molecule has 2 saturated carbocycles. The van der Waals surface area contributed by atoms with E-state index in [1.54, 1.807) is 0 Å². The number of rotatable bonds is 5. The summed E-state index contributed by atoms with van der Waals surface area (Å²) in [5.41, 5.74) is 7.56. The van der Waals surface area contributed by atoms with E-state index in [2.05, 4.69) is 52.1 Å². The largest absolute Gasteiger partial charge is 0.395 e. The lowest BCUT2D eigenvalue weighted by Gasteiger charge is -2.30. The van der Waals surface area contributed by atoms with Gasteiger partial charge in [-0.2, -0.15) is 0 Å². The van der Waals surface area contributed by atoms with E-state index < -0.39 is 11.9 Å². The lowest BCUT2D eigenvalue weighted by Crippen LogP contribution is -2.48. The molecule has 4 amide bonds. The molecule has 0 bridgehead atoms. The van der Waals surface area contributed by atoms with Gasteiger partial charge in [0, 0.05) is 18.0 Å². The maximum Gasteiger partial charge on any atom is 0.323 e. The Balaban J connectivity index is 1.24. The second-order valence-electron chi connectivity index (χ2n) is 8.99. The van der Waals surface area contributed by atoms with Gasteiger partial charge in [-0.1, -0.05) is 36.9 Å². The highest BCUT2D eigenvalue weighted by Gasteiger charge is 2.34. The number of amides is 4. The van der Waals surface area contributed by atoms with Crippen molar-refractivity contribution in [2.45, 2.75) is 62.9 Å². The van der Waals surface area contributed by atoms with E-state index in [1.165, 1.54) is 5.56 Å². The maximum absolute atomic E-state index is 12.8. The van der Waals surface area contributed by atoms with Gasteiger partial charge in [-0.05, 0) is 56.4 Å². The summed E-state index contributed by atoms with van der Waals surface area (Å²) in [6.07, 6.45) is 6.17. The molecular formula is C24H31N5O3. The van der Waals surface area contributed by atoms with Crippen LogP contribution in [0, 0.1) is 5.92 Å². The van der Waals surface area contributed by atoms with E-state index in [0.29, 0.717) is 18.8 Å². The van der Waals surface area contributed by atoms with E-state index in [4.69, 9.17) is 5.73 Å². The fourth-order valence-corrected chi connectivity index (χ4v) is 4.97. The van der Waals surface area contributed by atoms with Crippen LogP contribution in [0.1, 0.15) is 56.4 Å². The standard InChI is InChI=1S/C24H31N5O3/c1-14-20(25)21(29-24(32)26-14)23(31)28-19-12-9-17(13-19)22(30)27-18-10-7-16(8-11-18)15-5-3-2-4-6-15/h2-6,16-19H,1,7-13,25H2,(H,27,30)(H,28,31)(H2,26,29,32)/t16?,17-,18?,19-/m1/s1. The summed E-state index contributed by atoms with van der Waals surface area (Å²) >= 11 is 0. The van der Waals surface area contributed by atoms with Gasteiger partial charge in [-0.25, -0.2) is 4.79 Å². The van der Waals surface area contributed by atoms with Crippen LogP contribution >= 0.6 is 0 Å². The average molecular weight is 438 g/mol. The normalized spacial score (nSPS) is 28.0. The molecule has 0 aromatic heterocycles. The van der Waals surface area contributed by atoms with Crippen LogP contribution in [0.15, 0.2) is 54.0 Å². The van der Waals surface area contributed by atoms with Gasteiger partial charge >= 0.3 is 6.03 Å². The smallest absolute Gasteiger partial charge is 0.323 e. The van der Waals surface area contributed by atoms with Crippen molar-refractivity contribution >= 4 is 17.8 Å². The van der Waals surface area contributed by atoms with E-state index >= 15 is 0 Å². The lowest BCUT2D eigenvalue weighted by atomic mass is 9.81. The average Bonchev–Trinajstić information content (AvgIpc) is 3.26. The molecule has 8 heteroatoms. The summed E-state index contributed by atoms with van der Waals surface area (Å²) in [5, 5.41) is 11.0. The second kappa shape index (κ2) is 9.46. The summed E-state index contributed by atoms with van der Waals surface area (Å²) in [6.45, 7) is 3.63. The Kier molecular flexibility index (Phi) is 6.48. The zero-order chi connectivity index (χ0) is 22.7. The van der Waals surface area contributed by atoms with Gasteiger partial charge in [-0.15, -0.1) is 0 Å². The summed E-state index contributed by atoms with van der Waals surface area (Å²) < 4.78 is 0. The molecule has 0 radical (unpaired) electrons. The van der Waals surface area contributed by atoms with Gasteiger partial charge in [-0.3, -0.25) is 9.59 Å². The lowest BCUT2D eigenvalue weighted by molar-refractivity contribution is -0.126. The first-order valence-corrected chi connectivity index (χ1v) is 11.3. The van der Waals surface area contributed by atoms with Gasteiger partial charge in [0.15, 0.2) is 0 Å². The van der Waals surface area contributed by atoms with Crippen LogP contribution in [0.2, 0.25) is 0 Å². The van der Waals surface area contributed by atoms with Crippen molar-refractivity contribution < 1.29 is 14.4 Å². The minimum atomic E-state index is -0.542. The summed E-state index contributed by atoms with van der Waals surface area (Å²) in [6, 6.07) is 10.1. The van der Waals surface area contributed by atoms with Crippen molar-refractivity contribution in [2.24, 2.45) is 11.7 Å². The molecule has 32 heavy (non-hydrogen) atoms. The number of nitrogens with two attached hydrogens (primary N) is 1. The highest BCUT2D eigenvalue weighted by atomic mass is 16.2. The predicted molar refractivity (Wildman–Crippen MR) is 121 cm³/mol. The fourth-order valence-electron chi connectivity index (χ4n) is 4.97. The predicted octanol–water partition coefficient (Wildman–Crippen LogP) is 2.11. The van der Waals surface area contributed by atoms with E-state index in [1.807, 2.05) is 6.07 Å². The number of carbonyl (C=O) groups excluding carboxylic acids is 3. The first kappa shape index (κ1) is 21.9. The summed E-state index contributed by atoms with van der Waals surface area (Å²) in [7, 11) is 0. The molecule has 0 unspecified atom stereocenters. The molecule has 1 heterocycles. The van der Waals surface area contributed by atoms with Gasteiger partial charge in [0.25, 0.3) is 5.91 Å². The van der Waals surface area contributed by atoms with Crippen molar-refractivity contribution in [2.75, 3.05) is 0 Å². The van der Waals surface area contributed by atoms with Gasteiger partial charge in [0.05, 0.1) is 11.4 Å². The zero-order valence-corrected chi connectivity index (χ0v) is 18.2. The monoisotopic (exact) mass is 437 g/mol. The molecule has 1 aromatic carbocycles. The molecule has 0 spiro atoms. The number of nitrogens with one attached hydrogen (secondary N) is 4. The Morgan fingerprint density at radius 1 is 0.938 bits per heavy atom. The van der Waals surface area contributed by atoms with Crippen molar-refractivity contribution in [3.8, 4) is 0 Å². The third-order valence-electron chi connectivity index (χ3n) is 6.81. The summed E-state index contributed by atoms with van der Waals surface area (Å²) in [5.74, 6) is 0.0794. The number of hydrogen-bond donors (Lipinski definition) is 5. The van der Waals surface area contributed by atoms with Crippen LogP contribution in [-0.4, -0.2) is 29.9 Å². The molecule has 0 saturated heterocycles. The first-order valence-electron chi connectivity index (χ1n) is 11.3. The highest BCUT2D eigenvalue weighted by Crippen LogP contribution is 2.33. The third-order valence-corrected chi connectivity index (χ3v) is 6.81. The van der Waals surface area contributed by atoms with Crippen molar-refractivity contribution in [3.63, 3.8) is 0 Å². The Hall–Kier alpha value is -3.29. The van der Waals surface area contributed by atoms with Crippen LogP contribution in [0.5, 0.6) is 0 Å². The van der Waals surface area contributed by atoms with Gasteiger partial charge in [0.1, 0.15) is 5.70 Å². The Bertz CT molecular complexity index is 934. The third kappa shape index (κ3) is 4.95. The quantitative estimate of drug-likeness (QED) is 0.484. The minimum Gasteiger partial charge on any atom is -0.395 e. The van der Waals surface area contributed by atoms with Crippen molar-refractivity contribution in [3.05, 3.63) is 59.6 Å². The zero-order valence-electron chi connectivity index (χ0n) is 18.2. The molecular weight excluding hydrogens is 406 g/mol. The van der Waals surface area contributed by atoms with Crippen LogP contribution in [0.3, 0.4) is 0 Å². The number of urea groups is 1. The second-order valence-corrected chi connectivity index (χ2v) is 8.99. The fraction of sp³-hybridized carbons (Fsp3) is 0.458.